The largest absolute Gasteiger partial charge is 0.134 e. The van der Waals surface area contributed by atoms with Gasteiger partial charge in [-0.15, -0.1) is 11.3 Å². The third kappa shape index (κ3) is 1.76. The number of halogens is 2. The summed E-state index contributed by atoms with van der Waals surface area (Å²) in [5.41, 5.74) is 0. The molecule has 92 valence electrons. The smallest absolute Gasteiger partial charge is 0.0503 e. The van der Waals surface area contributed by atoms with E-state index >= 15 is 0 Å². The lowest BCUT2D eigenvalue weighted by atomic mass is 10.0. The highest BCUT2D eigenvalue weighted by atomic mass is 79.9. The normalized spacial score (nSPS) is 11.7. The summed E-state index contributed by atoms with van der Waals surface area (Å²) in [4.78, 5) is 0. The molecule has 1 heterocycles. The second kappa shape index (κ2) is 4.30. The molecule has 0 saturated carbocycles. The van der Waals surface area contributed by atoms with Gasteiger partial charge >= 0.3 is 0 Å². The molecular formula is C16H8Br2S. The van der Waals surface area contributed by atoms with Crippen LogP contribution in [0.2, 0.25) is 0 Å². The summed E-state index contributed by atoms with van der Waals surface area (Å²) in [6, 6.07) is 17.3. The Kier molecular flexibility index (Phi) is 2.69. The number of fused-ring (bicyclic) bond motifs is 5. The molecule has 1 aromatic heterocycles. The molecule has 4 rings (SSSR count). The standard InChI is InChI=1S/C16H8Br2S/c17-10-5-6-14-12(8-10)15-11-4-2-1-3-9(11)7-13(18)16(15)19-14/h1-8H. The van der Waals surface area contributed by atoms with Crippen molar-refractivity contribution >= 4 is 74.1 Å². The predicted octanol–water partition coefficient (Wildman–Crippen LogP) is 6.73. The molecule has 0 aliphatic heterocycles. The Bertz CT molecular complexity index is 938. The van der Waals surface area contributed by atoms with Crippen LogP contribution < -0.4 is 0 Å². The second-order valence-corrected chi connectivity index (χ2v) is 7.35. The first-order valence-corrected chi connectivity index (χ1v) is 8.33. The summed E-state index contributed by atoms with van der Waals surface area (Å²) in [7, 11) is 0. The van der Waals surface area contributed by atoms with Gasteiger partial charge < -0.3 is 0 Å². The van der Waals surface area contributed by atoms with Gasteiger partial charge in [0.1, 0.15) is 0 Å². The lowest BCUT2D eigenvalue weighted by Crippen LogP contribution is -1.75. The summed E-state index contributed by atoms with van der Waals surface area (Å²) < 4.78 is 4.96. The van der Waals surface area contributed by atoms with Gasteiger partial charge in [0, 0.05) is 24.4 Å². The van der Waals surface area contributed by atoms with E-state index in [1.165, 1.54) is 35.4 Å². The van der Waals surface area contributed by atoms with Gasteiger partial charge in [0.05, 0.1) is 4.70 Å². The van der Waals surface area contributed by atoms with E-state index in [9.17, 15) is 0 Å². The van der Waals surface area contributed by atoms with Crippen molar-refractivity contribution in [2.24, 2.45) is 0 Å². The van der Waals surface area contributed by atoms with Crippen molar-refractivity contribution < 1.29 is 0 Å². The van der Waals surface area contributed by atoms with E-state index in [4.69, 9.17) is 0 Å². The Balaban J connectivity index is 2.38. The summed E-state index contributed by atoms with van der Waals surface area (Å²) in [6.07, 6.45) is 0. The molecular weight excluding hydrogens is 384 g/mol. The molecule has 0 aliphatic carbocycles. The predicted molar refractivity (Wildman–Crippen MR) is 92.2 cm³/mol. The van der Waals surface area contributed by atoms with Crippen LogP contribution in [-0.2, 0) is 0 Å². The van der Waals surface area contributed by atoms with Gasteiger partial charge in [-0.25, -0.2) is 0 Å². The second-order valence-electron chi connectivity index (χ2n) is 4.53. The first-order valence-electron chi connectivity index (χ1n) is 5.93. The number of thiophene rings is 1. The van der Waals surface area contributed by atoms with Gasteiger partial charge in [-0.1, -0.05) is 40.2 Å². The minimum Gasteiger partial charge on any atom is -0.134 e. The Labute approximate surface area is 131 Å². The molecule has 0 spiro atoms. The number of rotatable bonds is 0. The highest BCUT2D eigenvalue weighted by Crippen LogP contribution is 2.43. The van der Waals surface area contributed by atoms with Crippen LogP contribution in [0.15, 0.2) is 57.5 Å². The minimum atomic E-state index is 1.13. The third-order valence-corrected chi connectivity index (χ3v) is 5.96. The zero-order valence-corrected chi connectivity index (χ0v) is 13.8. The molecule has 0 fully saturated rings. The van der Waals surface area contributed by atoms with E-state index in [0.717, 1.165) is 4.47 Å². The van der Waals surface area contributed by atoms with E-state index in [0.29, 0.717) is 0 Å². The van der Waals surface area contributed by atoms with Gasteiger partial charge in [-0.3, -0.25) is 0 Å². The van der Waals surface area contributed by atoms with Crippen molar-refractivity contribution in [3.05, 3.63) is 57.5 Å². The fourth-order valence-corrected chi connectivity index (χ4v) is 4.71. The van der Waals surface area contributed by atoms with Crippen molar-refractivity contribution in [1.29, 1.82) is 0 Å². The highest BCUT2D eigenvalue weighted by Gasteiger charge is 2.11. The average molecular weight is 392 g/mol. The number of hydrogen-bond donors (Lipinski definition) is 0. The fraction of sp³-hybridized carbons (Fsp3) is 0. The zero-order valence-electron chi connectivity index (χ0n) is 9.78. The highest BCUT2D eigenvalue weighted by molar-refractivity contribution is 9.11. The summed E-state index contributed by atoms with van der Waals surface area (Å²) >= 11 is 9.14. The quantitative estimate of drug-likeness (QED) is 0.311. The van der Waals surface area contributed by atoms with E-state index in [1.807, 2.05) is 11.3 Å². The van der Waals surface area contributed by atoms with Crippen LogP contribution in [0.1, 0.15) is 0 Å². The minimum absolute atomic E-state index is 1.13. The van der Waals surface area contributed by atoms with Crippen molar-refractivity contribution in [2.45, 2.75) is 0 Å². The lowest BCUT2D eigenvalue weighted by molar-refractivity contribution is 1.77. The maximum atomic E-state index is 3.71. The Morgan fingerprint density at radius 1 is 0.842 bits per heavy atom. The van der Waals surface area contributed by atoms with E-state index in [1.54, 1.807) is 0 Å². The van der Waals surface area contributed by atoms with Crippen LogP contribution >= 0.6 is 43.2 Å². The molecule has 0 N–H and O–H groups in total. The van der Waals surface area contributed by atoms with Crippen molar-refractivity contribution in [3.63, 3.8) is 0 Å². The molecule has 4 aromatic rings. The van der Waals surface area contributed by atoms with Crippen molar-refractivity contribution in [2.75, 3.05) is 0 Å². The summed E-state index contributed by atoms with van der Waals surface area (Å²) in [6.45, 7) is 0. The van der Waals surface area contributed by atoms with Gasteiger partial charge in [0.25, 0.3) is 0 Å². The Morgan fingerprint density at radius 3 is 2.58 bits per heavy atom. The fourth-order valence-electron chi connectivity index (χ4n) is 2.56. The number of benzene rings is 3. The first kappa shape index (κ1) is 11.9. The monoisotopic (exact) mass is 390 g/mol. The van der Waals surface area contributed by atoms with E-state index in [-0.39, 0.29) is 0 Å². The molecule has 0 bridgehead atoms. The van der Waals surface area contributed by atoms with E-state index < -0.39 is 0 Å². The van der Waals surface area contributed by atoms with Crippen LogP contribution in [0.5, 0.6) is 0 Å². The lowest BCUT2D eigenvalue weighted by Gasteiger charge is -2.02. The van der Waals surface area contributed by atoms with Crippen LogP contribution in [0, 0.1) is 0 Å². The number of hydrogen-bond acceptors (Lipinski definition) is 1. The van der Waals surface area contributed by atoms with Gasteiger partial charge in [0.2, 0.25) is 0 Å². The molecule has 0 saturated heterocycles. The molecule has 0 radical (unpaired) electrons. The summed E-state index contributed by atoms with van der Waals surface area (Å²) in [5.74, 6) is 0. The molecule has 3 aromatic carbocycles. The Morgan fingerprint density at radius 2 is 1.68 bits per heavy atom. The molecule has 0 amide bonds. The molecule has 0 nitrogen and oxygen atoms in total. The van der Waals surface area contributed by atoms with Crippen LogP contribution in [0.25, 0.3) is 30.9 Å². The summed E-state index contributed by atoms with van der Waals surface area (Å²) in [5, 5.41) is 5.28. The zero-order chi connectivity index (χ0) is 13.0. The van der Waals surface area contributed by atoms with Gasteiger partial charge in [-0.05, 0) is 51.0 Å². The van der Waals surface area contributed by atoms with Crippen molar-refractivity contribution in [3.8, 4) is 0 Å². The average Bonchev–Trinajstić information content (AvgIpc) is 2.78. The van der Waals surface area contributed by atoms with Crippen LogP contribution in [0.3, 0.4) is 0 Å². The molecule has 19 heavy (non-hydrogen) atoms. The molecule has 0 aliphatic rings. The molecule has 0 unspecified atom stereocenters. The van der Waals surface area contributed by atoms with Gasteiger partial charge in [-0.2, -0.15) is 0 Å². The molecule has 3 heteroatoms. The first-order chi connectivity index (χ1) is 9.24. The van der Waals surface area contributed by atoms with Crippen molar-refractivity contribution in [1.82, 2.24) is 0 Å². The maximum absolute atomic E-state index is 3.71. The van der Waals surface area contributed by atoms with Crippen LogP contribution in [0.4, 0.5) is 0 Å². The maximum Gasteiger partial charge on any atom is 0.0503 e. The topological polar surface area (TPSA) is 0 Å². The van der Waals surface area contributed by atoms with E-state index in [2.05, 4.69) is 80.4 Å². The third-order valence-electron chi connectivity index (χ3n) is 3.38. The van der Waals surface area contributed by atoms with Crippen LogP contribution in [-0.4, -0.2) is 0 Å². The SMILES string of the molecule is Brc1ccc2sc3c(Br)cc4ccccc4c3c2c1. The Hall–Kier alpha value is -0.900. The van der Waals surface area contributed by atoms with Gasteiger partial charge in [0.15, 0.2) is 0 Å². The molecule has 0 atom stereocenters.